The maximum atomic E-state index is 2.39. The number of unbranched alkanes of at least 4 members (excludes halogenated alkanes) is 3. The Bertz CT molecular complexity index is 1370. The third-order valence-corrected chi connectivity index (χ3v) is 13.2. The summed E-state index contributed by atoms with van der Waals surface area (Å²) in [5, 5.41) is 6.16. The van der Waals surface area contributed by atoms with Gasteiger partial charge in [0.25, 0.3) is 0 Å². The Morgan fingerprint density at radius 2 is 0.525 bits per heavy atom. The van der Waals surface area contributed by atoms with Gasteiger partial charge in [-0.2, -0.15) is 0 Å². The van der Waals surface area contributed by atoms with Crippen LogP contribution in [0.1, 0.15) is 25.7 Å². The smallest absolute Gasteiger partial charge is 0.00178 e. The molecule has 0 nitrogen and oxygen atoms in total. The van der Waals surface area contributed by atoms with Crippen molar-refractivity contribution in [3.05, 3.63) is 146 Å². The Morgan fingerprint density at radius 3 is 0.775 bits per heavy atom. The molecule has 4 aromatic carbocycles. The van der Waals surface area contributed by atoms with Gasteiger partial charge in [-0.25, -0.2) is 0 Å². The van der Waals surface area contributed by atoms with Gasteiger partial charge in [0.1, 0.15) is 0 Å². The minimum atomic E-state index is -0.321. The van der Waals surface area contributed by atoms with Crippen molar-refractivity contribution in [1.29, 1.82) is 0 Å². The lowest BCUT2D eigenvalue weighted by Crippen LogP contribution is -1.83. The highest BCUT2D eigenvalue weighted by Gasteiger charge is 2.14. The summed E-state index contributed by atoms with van der Waals surface area (Å²) in [6, 6.07) is 53.7. The van der Waals surface area contributed by atoms with Crippen LogP contribution in [-0.2, 0) is 12.3 Å². The predicted molar refractivity (Wildman–Crippen MR) is 179 cm³/mol. The molecular weight excluding hydrogens is 518 g/mol. The minimum absolute atomic E-state index is 0.321. The van der Waals surface area contributed by atoms with Crippen LogP contribution in [0.2, 0.25) is 0 Å². The van der Waals surface area contributed by atoms with Gasteiger partial charge in [-0.3, -0.25) is 0 Å². The van der Waals surface area contributed by atoms with E-state index in [2.05, 4.69) is 146 Å². The second-order valence-electron chi connectivity index (χ2n) is 10.4. The molecule has 0 saturated heterocycles. The summed E-state index contributed by atoms with van der Waals surface area (Å²) in [5.74, 6) is 0. The summed E-state index contributed by atoms with van der Waals surface area (Å²) in [7, 11) is -0.642. The molecule has 6 aromatic rings. The van der Waals surface area contributed by atoms with Crippen LogP contribution < -0.4 is 0 Å². The Balaban J connectivity index is 1.14. The van der Waals surface area contributed by atoms with Gasteiger partial charge in [0, 0.05) is 21.2 Å². The van der Waals surface area contributed by atoms with Gasteiger partial charge in [-0.05, 0) is 71.7 Å². The molecule has 0 bridgehead atoms. The zero-order valence-electron chi connectivity index (χ0n) is 23.0. The highest BCUT2D eigenvalue weighted by atomic mass is 31.1. The fourth-order valence-electron chi connectivity index (χ4n) is 5.75. The first kappa shape index (κ1) is 26.7. The second kappa shape index (κ2) is 13.2. The molecule has 0 amide bonds. The maximum absolute atomic E-state index is 2.39. The first-order valence-electron chi connectivity index (χ1n) is 14.5. The monoisotopic (exact) mass is 554 g/mol. The van der Waals surface area contributed by atoms with E-state index in [0.29, 0.717) is 0 Å². The van der Waals surface area contributed by atoms with Gasteiger partial charge in [-0.1, -0.05) is 134 Å². The number of rotatable bonds is 11. The summed E-state index contributed by atoms with van der Waals surface area (Å²) >= 11 is 0. The summed E-state index contributed by atoms with van der Waals surface area (Å²) in [6.07, 6.45) is 7.75. The summed E-state index contributed by atoms with van der Waals surface area (Å²) in [5.41, 5.74) is 5.56. The fourth-order valence-corrected chi connectivity index (χ4v) is 11.2. The van der Waals surface area contributed by atoms with E-state index in [0.717, 1.165) is 0 Å². The standard InChI is InChI=1S/C38H36P2/c1(15-29-39-35(31-17-7-3-8-18-31)25-26-36(39)32-19-9-4-10-20-32)2-16-30-40-37(33-21-11-5-12-22-33)27-28-38(40)34-23-13-6-14-24-34/h3-14,17-28H,1-2,15-16,29-30H2. The highest BCUT2D eigenvalue weighted by molar-refractivity contribution is 7.56. The Morgan fingerprint density at radius 1 is 0.275 bits per heavy atom. The van der Waals surface area contributed by atoms with E-state index in [4.69, 9.17) is 0 Å². The number of hydrogen-bond acceptors (Lipinski definition) is 0. The molecule has 0 unspecified atom stereocenters. The largest absolute Gasteiger partial charge is 0.109 e. The van der Waals surface area contributed by atoms with Gasteiger partial charge >= 0.3 is 0 Å². The van der Waals surface area contributed by atoms with Gasteiger partial charge in [-0.15, -0.1) is 15.1 Å². The summed E-state index contributed by atoms with van der Waals surface area (Å²) in [6.45, 7) is 0. The molecule has 6 rings (SSSR count). The lowest BCUT2D eigenvalue weighted by molar-refractivity contribution is 0.679. The molecular formula is C38H36P2. The first-order valence-corrected chi connectivity index (χ1v) is 17.5. The van der Waals surface area contributed by atoms with Crippen LogP contribution in [-0.4, -0.2) is 0 Å². The minimum Gasteiger partial charge on any atom is -0.109 e. The van der Waals surface area contributed by atoms with Crippen molar-refractivity contribution < 1.29 is 0 Å². The molecule has 0 spiro atoms. The van der Waals surface area contributed by atoms with Crippen molar-refractivity contribution in [1.82, 2.24) is 0 Å². The van der Waals surface area contributed by atoms with Crippen molar-refractivity contribution in [2.24, 2.45) is 0 Å². The number of benzene rings is 4. The Kier molecular flexibility index (Phi) is 8.79. The zero-order valence-corrected chi connectivity index (χ0v) is 24.8. The van der Waals surface area contributed by atoms with Crippen LogP contribution >= 0.6 is 15.1 Å². The third kappa shape index (κ3) is 6.10. The predicted octanol–water partition coefficient (Wildman–Crippen LogP) is 12.6. The van der Waals surface area contributed by atoms with Crippen LogP contribution in [0.15, 0.2) is 146 Å². The molecule has 0 aliphatic rings. The van der Waals surface area contributed by atoms with Crippen LogP contribution in [0.3, 0.4) is 0 Å². The van der Waals surface area contributed by atoms with Crippen molar-refractivity contribution in [2.45, 2.75) is 38.0 Å². The normalized spacial score (nSPS) is 11.1. The molecule has 0 saturated carbocycles. The average molecular weight is 555 g/mol. The summed E-state index contributed by atoms with van der Waals surface area (Å²) < 4.78 is 0. The maximum Gasteiger partial charge on any atom is 0.00178 e. The molecule has 0 aliphatic carbocycles. The molecule has 0 atom stereocenters. The zero-order chi connectivity index (χ0) is 27.0. The number of hydrogen-bond donors (Lipinski definition) is 0. The van der Waals surface area contributed by atoms with Crippen molar-refractivity contribution in [2.75, 3.05) is 0 Å². The Hall–Kier alpha value is -3.56. The molecule has 198 valence electrons. The van der Waals surface area contributed by atoms with Crippen LogP contribution in [0, 0.1) is 0 Å². The van der Waals surface area contributed by atoms with Crippen molar-refractivity contribution in [3.63, 3.8) is 0 Å². The van der Waals surface area contributed by atoms with Crippen LogP contribution in [0.4, 0.5) is 0 Å². The lowest BCUT2D eigenvalue weighted by Gasteiger charge is -2.12. The SMILES string of the molecule is c1ccc(-c2ccc(-c3ccccc3)p2CCCCCCp2c(-c3ccccc3)ccc2-c2ccccc2)cc1. The Labute approximate surface area is 241 Å². The molecule has 2 aromatic heterocycles. The molecule has 0 N–H and O–H groups in total. The van der Waals surface area contributed by atoms with Crippen LogP contribution in [0.5, 0.6) is 0 Å². The molecule has 0 fully saturated rings. The van der Waals surface area contributed by atoms with Crippen molar-refractivity contribution >= 4 is 15.1 Å². The molecule has 0 aliphatic heterocycles. The molecule has 0 radical (unpaired) electrons. The van der Waals surface area contributed by atoms with E-state index in [-0.39, 0.29) is 15.1 Å². The fraction of sp³-hybridized carbons (Fsp3) is 0.158. The summed E-state index contributed by atoms with van der Waals surface area (Å²) in [4.78, 5) is 0. The average Bonchev–Trinajstić information content (AvgIpc) is 3.65. The van der Waals surface area contributed by atoms with E-state index in [9.17, 15) is 0 Å². The van der Waals surface area contributed by atoms with E-state index >= 15 is 0 Å². The lowest BCUT2D eigenvalue weighted by atomic mass is 10.2. The van der Waals surface area contributed by atoms with E-state index in [1.165, 1.54) is 60.3 Å². The van der Waals surface area contributed by atoms with Gasteiger partial charge in [0.2, 0.25) is 0 Å². The van der Waals surface area contributed by atoms with Gasteiger partial charge in [0.05, 0.1) is 0 Å². The third-order valence-electron chi connectivity index (χ3n) is 7.75. The van der Waals surface area contributed by atoms with E-state index < -0.39 is 0 Å². The van der Waals surface area contributed by atoms with Crippen molar-refractivity contribution in [3.8, 4) is 43.4 Å². The second-order valence-corrected chi connectivity index (χ2v) is 14.9. The quantitative estimate of drug-likeness (QED) is 0.140. The van der Waals surface area contributed by atoms with E-state index in [1.54, 1.807) is 21.2 Å². The highest BCUT2D eigenvalue weighted by Crippen LogP contribution is 2.53. The first-order chi connectivity index (χ1) is 19.9. The molecule has 2 heteroatoms. The van der Waals surface area contributed by atoms with Gasteiger partial charge < -0.3 is 0 Å². The van der Waals surface area contributed by atoms with Gasteiger partial charge in [0.15, 0.2) is 0 Å². The topological polar surface area (TPSA) is 0 Å². The van der Waals surface area contributed by atoms with Crippen LogP contribution in [0.25, 0.3) is 43.4 Å². The molecule has 40 heavy (non-hydrogen) atoms. The molecule has 2 heterocycles. The van der Waals surface area contributed by atoms with E-state index in [1.807, 2.05) is 0 Å².